The monoisotopic (exact) mass is 319 g/mol. The first-order valence-corrected chi connectivity index (χ1v) is 6.53. The minimum absolute atomic E-state index is 0.0297. The van der Waals surface area contributed by atoms with Crippen molar-refractivity contribution in [2.45, 2.75) is 13.0 Å². The number of ether oxygens (including phenoxy) is 1. The van der Waals surface area contributed by atoms with Gasteiger partial charge in [0.15, 0.2) is 0 Å². The first-order valence-electron chi connectivity index (χ1n) is 5.20. The molecular weight excluding hydrogens is 305 g/mol. The summed E-state index contributed by atoms with van der Waals surface area (Å²) in [5.41, 5.74) is 0.965. The Labute approximate surface area is 115 Å². The van der Waals surface area contributed by atoms with Gasteiger partial charge < -0.3 is 9.64 Å². The summed E-state index contributed by atoms with van der Waals surface area (Å²) in [6.45, 7) is 0.512. The van der Waals surface area contributed by atoms with Crippen molar-refractivity contribution in [3.63, 3.8) is 0 Å². The summed E-state index contributed by atoms with van der Waals surface area (Å²) in [7, 11) is 3.38. The third kappa shape index (κ3) is 4.21. The van der Waals surface area contributed by atoms with E-state index in [1.54, 1.807) is 19.1 Å². The molecule has 0 unspecified atom stereocenters. The SMILES string of the molecule is COc1ccc(Br)cc1CN(C)C(=O)CCCl. The zero-order chi connectivity index (χ0) is 12.8. The second-order valence-electron chi connectivity index (χ2n) is 3.64. The van der Waals surface area contributed by atoms with E-state index in [-0.39, 0.29) is 5.91 Å². The standard InChI is InChI=1S/C12H15BrClNO2/c1-15(12(16)5-6-14)8-9-7-10(13)3-4-11(9)17-2/h3-4,7H,5-6,8H2,1-2H3. The number of alkyl halides is 1. The maximum atomic E-state index is 11.6. The van der Waals surface area contributed by atoms with Gasteiger partial charge in [-0.05, 0) is 18.2 Å². The highest BCUT2D eigenvalue weighted by atomic mass is 79.9. The summed E-state index contributed by atoms with van der Waals surface area (Å²) in [6.07, 6.45) is 0.356. The Morgan fingerprint density at radius 1 is 1.53 bits per heavy atom. The molecule has 17 heavy (non-hydrogen) atoms. The third-order valence-electron chi connectivity index (χ3n) is 2.38. The van der Waals surface area contributed by atoms with Gasteiger partial charge in [0.2, 0.25) is 5.91 Å². The van der Waals surface area contributed by atoms with Crippen molar-refractivity contribution in [3.8, 4) is 5.75 Å². The Hall–Kier alpha value is -0.740. The fraction of sp³-hybridized carbons (Fsp3) is 0.417. The molecular formula is C12H15BrClNO2. The predicted molar refractivity (Wildman–Crippen MR) is 72.5 cm³/mol. The third-order valence-corrected chi connectivity index (χ3v) is 3.07. The summed E-state index contributed by atoms with van der Waals surface area (Å²) in [4.78, 5) is 13.3. The maximum Gasteiger partial charge on any atom is 0.223 e. The molecule has 0 aliphatic rings. The molecule has 0 radical (unpaired) electrons. The molecule has 0 fully saturated rings. The predicted octanol–water partition coefficient (Wildman–Crippen LogP) is 3.05. The number of carbonyl (C=O) groups is 1. The van der Waals surface area contributed by atoms with E-state index in [0.717, 1.165) is 15.8 Å². The number of methoxy groups -OCH3 is 1. The lowest BCUT2D eigenvalue weighted by atomic mass is 10.2. The minimum atomic E-state index is 0.0297. The fourth-order valence-electron chi connectivity index (χ4n) is 1.49. The van der Waals surface area contributed by atoms with Crippen LogP contribution in [0.15, 0.2) is 22.7 Å². The van der Waals surface area contributed by atoms with Crippen LogP contribution in [0.5, 0.6) is 5.75 Å². The van der Waals surface area contributed by atoms with Gasteiger partial charge in [-0.1, -0.05) is 15.9 Å². The highest BCUT2D eigenvalue weighted by Gasteiger charge is 2.11. The molecule has 0 aliphatic carbocycles. The number of hydrogen-bond acceptors (Lipinski definition) is 2. The molecule has 0 aromatic heterocycles. The largest absolute Gasteiger partial charge is 0.496 e. The molecule has 5 heteroatoms. The molecule has 0 atom stereocenters. The van der Waals surface area contributed by atoms with Gasteiger partial charge in [0.25, 0.3) is 0 Å². The number of rotatable bonds is 5. The average Bonchev–Trinajstić information content (AvgIpc) is 2.29. The summed E-state index contributed by atoms with van der Waals surface area (Å²) in [6, 6.07) is 5.73. The average molecular weight is 321 g/mol. The number of carbonyl (C=O) groups excluding carboxylic acids is 1. The van der Waals surface area contributed by atoms with Gasteiger partial charge >= 0.3 is 0 Å². The lowest BCUT2D eigenvalue weighted by molar-refractivity contribution is -0.130. The number of amides is 1. The molecule has 0 bridgehead atoms. The van der Waals surface area contributed by atoms with E-state index >= 15 is 0 Å². The molecule has 3 nitrogen and oxygen atoms in total. The van der Waals surface area contributed by atoms with Gasteiger partial charge in [-0.2, -0.15) is 0 Å². The van der Waals surface area contributed by atoms with E-state index in [9.17, 15) is 4.79 Å². The molecule has 94 valence electrons. The molecule has 0 aliphatic heterocycles. The van der Waals surface area contributed by atoms with Crippen molar-refractivity contribution in [2.24, 2.45) is 0 Å². The van der Waals surface area contributed by atoms with Gasteiger partial charge in [-0.3, -0.25) is 4.79 Å². The fourth-order valence-corrected chi connectivity index (χ4v) is 2.06. The van der Waals surface area contributed by atoms with Gasteiger partial charge in [0.05, 0.1) is 7.11 Å². The lowest BCUT2D eigenvalue weighted by Gasteiger charge is -2.18. The second-order valence-corrected chi connectivity index (χ2v) is 4.94. The van der Waals surface area contributed by atoms with Crippen molar-refractivity contribution in [1.29, 1.82) is 0 Å². The van der Waals surface area contributed by atoms with Crippen LogP contribution in [-0.2, 0) is 11.3 Å². The van der Waals surface area contributed by atoms with E-state index in [2.05, 4.69) is 15.9 Å². The van der Waals surface area contributed by atoms with Crippen LogP contribution in [0.1, 0.15) is 12.0 Å². The van der Waals surface area contributed by atoms with E-state index in [0.29, 0.717) is 18.8 Å². The second kappa shape index (κ2) is 6.87. The molecule has 0 saturated heterocycles. The van der Waals surface area contributed by atoms with Gasteiger partial charge in [-0.25, -0.2) is 0 Å². The number of benzene rings is 1. The minimum Gasteiger partial charge on any atom is -0.496 e. The summed E-state index contributed by atoms with van der Waals surface area (Å²) < 4.78 is 6.22. The lowest BCUT2D eigenvalue weighted by Crippen LogP contribution is -2.26. The molecule has 1 amide bonds. The first kappa shape index (κ1) is 14.3. The zero-order valence-electron chi connectivity index (χ0n) is 9.87. The van der Waals surface area contributed by atoms with Crippen molar-refractivity contribution in [1.82, 2.24) is 4.90 Å². The molecule has 0 N–H and O–H groups in total. The number of nitrogens with zero attached hydrogens (tertiary/aromatic N) is 1. The Morgan fingerprint density at radius 3 is 2.82 bits per heavy atom. The zero-order valence-corrected chi connectivity index (χ0v) is 12.2. The van der Waals surface area contributed by atoms with Crippen LogP contribution < -0.4 is 4.74 Å². The molecule has 0 heterocycles. The van der Waals surface area contributed by atoms with Crippen LogP contribution in [0.25, 0.3) is 0 Å². The topological polar surface area (TPSA) is 29.5 Å². The smallest absolute Gasteiger partial charge is 0.223 e. The molecule has 0 saturated carbocycles. The van der Waals surface area contributed by atoms with Crippen LogP contribution in [0.3, 0.4) is 0 Å². The number of hydrogen-bond donors (Lipinski definition) is 0. The van der Waals surface area contributed by atoms with Crippen molar-refractivity contribution in [2.75, 3.05) is 20.0 Å². The first-order chi connectivity index (χ1) is 8.08. The van der Waals surface area contributed by atoms with Crippen molar-refractivity contribution >= 4 is 33.4 Å². The highest BCUT2D eigenvalue weighted by molar-refractivity contribution is 9.10. The summed E-state index contributed by atoms with van der Waals surface area (Å²) in [5, 5.41) is 0. The van der Waals surface area contributed by atoms with Crippen molar-refractivity contribution in [3.05, 3.63) is 28.2 Å². The van der Waals surface area contributed by atoms with Crippen LogP contribution >= 0.6 is 27.5 Å². The molecule has 1 rings (SSSR count). The van der Waals surface area contributed by atoms with Gasteiger partial charge in [0, 0.05) is 35.9 Å². The molecule has 1 aromatic carbocycles. The van der Waals surface area contributed by atoms with E-state index in [1.165, 1.54) is 0 Å². The van der Waals surface area contributed by atoms with Crippen molar-refractivity contribution < 1.29 is 9.53 Å². The van der Waals surface area contributed by atoms with Crippen LogP contribution in [0.2, 0.25) is 0 Å². The number of halogens is 2. The summed E-state index contributed by atoms with van der Waals surface area (Å²) >= 11 is 8.95. The maximum absolute atomic E-state index is 11.6. The Morgan fingerprint density at radius 2 is 2.24 bits per heavy atom. The van der Waals surface area contributed by atoms with Gasteiger partial charge in [-0.15, -0.1) is 11.6 Å². The Balaban J connectivity index is 2.79. The summed E-state index contributed by atoms with van der Waals surface area (Å²) in [5.74, 6) is 1.15. The normalized spacial score (nSPS) is 10.1. The van der Waals surface area contributed by atoms with Crippen LogP contribution in [-0.4, -0.2) is 30.8 Å². The Kier molecular flexibility index (Phi) is 5.78. The molecule has 0 spiro atoms. The highest BCUT2D eigenvalue weighted by Crippen LogP contribution is 2.24. The van der Waals surface area contributed by atoms with Gasteiger partial charge in [0.1, 0.15) is 5.75 Å². The van der Waals surface area contributed by atoms with E-state index < -0.39 is 0 Å². The quantitative estimate of drug-likeness (QED) is 0.780. The van der Waals surface area contributed by atoms with E-state index in [4.69, 9.17) is 16.3 Å². The van der Waals surface area contributed by atoms with Crippen LogP contribution in [0.4, 0.5) is 0 Å². The van der Waals surface area contributed by atoms with E-state index in [1.807, 2.05) is 18.2 Å². The molecule has 1 aromatic rings. The Bertz CT molecular complexity index is 398. The van der Waals surface area contributed by atoms with Crippen LogP contribution in [0, 0.1) is 0 Å².